The van der Waals surface area contributed by atoms with Gasteiger partial charge in [-0.15, -0.1) is 0 Å². The van der Waals surface area contributed by atoms with E-state index in [-0.39, 0.29) is 0 Å². The summed E-state index contributed by atoms with van der Waals surface area (Å²) in [5, 5.41) is 5.58. The third kappa shape index (κ3) is 1.43. The van der Waals surface area contributed by atoms with Gasteiger partial charge in [0.2, 0.25) is 0 Å². The Morgan fingerprint density at radius 3 is 2.82 bits per heavy atom. The first-order valence-corrected chi connectivity index (χ1v) is 5.58. The average Bonchev–Trinajstić information content (AvgIpc) is 2.70. The number of hydrogen-bond acceptors (Lipinski definition) is 2. The van der Waals surface area contributed by atoms with Crippen molar-refractivity contribution in [2.24, 2.45) is 0 Å². The minimum absolute atomic E-state index is 0.782. The van der Waals surface area contributed by atoms with E-state index >= 15 is 0 Å². The van der Waals surface area contributed by atoms with Crippen LogP contribution in [0.4, 0.5) is 0 Å². The largest absolute Gasteiger partial charge is 0.229 e. The molecule has 0 bridgehead atoms. The highest BCUT2D eigenvalue weighted by Crippen LogP contribution is 2.22. The second-order valence-corrected chi connectivity index (χ2v) is 4.28. The van der Waals surface area contributed by atoms with Gasteiger partial charge in [0.05, 0.1) is 16.7 Å². The molecule has 0 aliphatic carbocycles. The lowest BCUT2D eigenvalue weighted by Gasteiger charge is -2.04. The van der Waals surface area contributed by atoms with Gasteiger partial charge in [0, 0.05) is 5.39 Å². The molecular weight excluding hydrogens is 210 g/mol. The quantitative estimate of drug-likeness (QED) is 0.634. The van der Waals surface area contributed by atoms with Crippen molar-refractivity contribution >= 4 is 22.5 Å². The average molecular weight is 223 g/mol. The molecule has 84 valence electrons. The van der Waals surface area contributed by atoms with Gasteiger partial charge in [-0.25, -0.2) is 9.50 Å². The standard InChI is InChI=1S/C14H13N3/c1-4-14-15-12-6-5-9(2)7-11(12)13-8-10(3)16-17(13)14/h4-8H,1H2,2-3H3. The SMILES string of the molecule is C=Cc1nc2ccc(C)cc2c2cc(C)nn12. The Labute approximate surface area is 99.4 Å². The minimum atomic E-state index is 0.782. The van der Waals surface area contributed by atoms with E-state index in [1.807, 2.05) is 17.5 Å². The van der Waals surface area contributed by atoms with E-state index in [1.54, 1.807) is 6.08 Å². The maximum Gasteiger partial charge on any atom is 0.154 e. The highest BCUT2D eigenvalue weighted by atomic mass is 15.3. The second kappa shape index (κ2) is 3.42. The van der Waals surface area contributed by atoms with Crippen LogP contribution in [0.3, 0.4) is 0 Å². The molecule has 3 nitrogen and oxygen atoms in total. The summed E-state index contributed by atoms with van der Waals surface area (Å²) in [7, 11) is 0. The van der Waals surface area contributed by atoms with Crippen molar-refractivity contribution < 1.29 is 0 Å². The van der Waals surface area contributed by atoms with Gasteiger partial charge in [0.15, 0.2) is 5.82 Å². The normalized spacial score (nSPS) is 11.2. The van der Waals surface area contributed by atoms with Crippen LogP contribution >= 0.6 is 0 Å². The minimum Gasteiger partial charge on any atom is -0.229 e. The van der Waals surface area contributed by atoms with Gasteiger partial charge < -0.3 is 0 Å². The van der Waals surface area contributed by atoms with Crippen LogP contribution in [0.1, 0.15) is 17.1 Å². The molecule has 0 N–H and O–H groups in total. The molecule has 0 radical (unpaired) electrons. The first-order chi connectivity index (χ1) is 8.19. The number of benzene rings is 1. The summed E-state index contributed by atoms with van der Waals surface area (Å²) in [6.07, 6.45) is 1.73. The molecule has 0 saturated carbocycles. The van der Waals surface area contributed by atoms with Crippen LogP contribution in [-0.2, 0) is 0 Å². The van der Waals surface area contributed by atoms with Crippen molar-refractivity contribution in [2.45, 2.75) is 13.8 Å². The lowest BCUT2D eigenvalue weighted by molar-refractivity contribution is 0.897. The van der Waals surface area contributed by atoms with E-state index in [4.69, 9.17) is 0 Å². The van der Waals surface area contributed by atoms with E-state index in [0.29, 0.717) is 0 Å². The number of aryl methyl sites for hydroxylation is 2. The third-order valence-corrected chi connectivity index (χ3v) is 2.89. The Hall–Kier alpha value is -2.16. The second-order valence-electron chi connectivity index (χ2n) is 4.28. The number of aromatic nitrogens is 3. The Kier molecular flexibility index (Phi) is 2.01. The number of hydrogen-bond donors (Lipinski definition) is 0. The fourth-order valence-electron chi connectivity index (χ4n) is 2.12. The fourth-order valence-corrected chi connectivity index (χ4v) is 2.12. The van der Waals surface area contributed by atoms with Crippen LogP contribution < -0.4 is 0 Å². The predicted molar refractivity (Wildman–Crippen MR) is 70.1 cm³/mol. The van der Waals surface area contributed by atoms with Gasteiger partial charge in [0.1, 0.15) is 0 Å². The van der Waals surface area contributed by atoms with E-state index in [9.17, 15) is 0 Å². The van der Waals surface area contributed by atoms with Gasteiger partial charge in [0.25, 0.3) is 0 Å². The van der Waals surface area contributed by atoms with E-state index in [1.165, 1.54) is 5.56 Å². The Bertz CT molecular complexity index is 738. The van der Waals surface area contributed by atoms with Gasteiger partial charge in [-0.3, -0.25) is 0 Å². The van der Waals surface area contributed by atoms with Gasteiger partial charge in [-0.1, -0.05) is 18.2 Å². The lowest BCUT2D eigenvalue weighted by Crippen LogP contribution is -1.98. The molecule has 0 fully saturated rings. The summed E-state index contributed by atoms with van der Waals surface area (Å²) in [6.45, 7) is 7.86. The molecule has 3 heteroatoms. The van der Waals surface area contributed by atoms with Crippen molar-refractivity contribution in [2.75, 3.05) is 0 Å². The Morgan fingerprint density at radius 1 is 1.24 bits per heavy atom. The van der Waals surface area contributed by atoms with Crippen LogP contribution in [0.25, 0.3) is 22.5 Å². The fraction of sp³-hybridized carbons (Fsp3) is 0.143. The van der Waals surface area contributed by atoms with Gasteiger partial charge in [-0.2, -0.15) is 5.10 Å². The first kappa shape index (κ1) is 10.0. The van der Waals surface area contributed by atoms with Crippen molar-refractivity contribution in [3.8, 4) is 0 Å². The maximum absolute atomic E-state index is 4.56. The van der Waals surface area contributed by atoms with Crippen LogP contribution in [0.5, 0.6) is 0 Å². The van der Waals surface area contributed by atoms with E-state index < -0.39 is 0 Å². The van der Waals surface area contributed by atoms with Crippen molar-refractivity contribution in [1.29, 1.82) is 0 Å². The summed E-state index contributed by atoms with van der Waals surface area (Å²) < 4.78 is 1.85. The molecule has 0 amide bonds. The molecule has 0 saturated heterocycles. The number of nitrogens with zero attached hydrogens (tertiary/aromatic N) is 3. The lowest BCUT2D eigenvalue weighted by atomic mass is 10.1. The monoisotopic (exact) mass is 223 g/mol. The third-order valence-electron chi connectivity index (χ3n) is 2.89. The molecule has 0 spiro atoms. The molecule has 0 aliphatic rings. The molecule has 1 aromatic carbocycles. The van der Waals surface area contributed by atoms with Crippen LogP contribution in [-0.4, -0.2) is 14.6 Å². The molecule has 3 rings (SSSR count). The zero-order valence-electron chi connectivity index (χ0n) is 9.94. The molecule has 0 atom stereocenters. The molecule has 2 heterocycles. The van der Waals surface area contributed by atoms with Crippen molar-refractivity contribution in [1.82, 2.24) is 14.6 Å². The number of fused-ring (bicyclic) bond motifs is 3. The maximum atomic E-state index is 4.56. The van der Waals surface area contributed by atoms with Crippen LogP contribution in [0.15, 0.2) is 30.8 Å². The van der Waals surface area contributed by atoms with Gasteiger partial charge in [-0.05, 0) is 38.1 Å². The zero-order chi connectivity index (χ0) is 12.0. The molecule has 17 heavy (non-hydrogen) atoms. The molecule has 2 aromatic heterocycles. The molecular formula is C14H13N3. The van der Waals surface area contributed by atoms with Crippen LogP contribution in [0, 0.1) is 13.8 Å². The summed E-state index contributed by atoms with van der Waals surface area (Å²) in [6, 6.07) is 8.34. The Morgan fingerprint density at radius 2 is 2.06 bits per heavy atom. The van der Waals surface area contributed by atoms with E-state index in [2.05, 4.69) is 41.8 Å². The van der Waals surface area contributed by atoms with Crippen LogP contribution in [0.2, 0.25) is 0 Å². The number of rotatable bonds is 1. The first-order valence-electron chi connectivity index (χ1n) is 5.58. The Balaban J connectivity index is 2.59. The molecule has 0 aliphatic heterocycles. The summed E-state index contributed by atoms with van der Waals surface area (Å²) in [5.41, 5.74) is 4.29. The molecule has 3 aromatic rings. The summed E-state index contributed by atoms with van der Waals surface area (Å²) in [5.74, 6) is 0.782. The van der Waals surface area contributed by atoms with Crippen molar-refractivity contribution in [3.63, 3.8) is 0 Å². The topological polar surface area (TPSA) is 30.2 Å². The zero-order valence-corrected chi connectivity index (χ0v) is 9.94. The van der Waals surface area contributed by atoms with Gasteiger partial charge >= 0.3 is 0 Å². The summed E-state index contributed by atoms with van der Waals surface area (Å²) in [4.78, 5) is 4.56. The summed E-state index contributed by atoms with van der Waals surface area (Å²) >= 11 is 0. The predicted octanol–water partition coefficient (Wildman–Crippen LogP) is 3.14. The smallest absolute Gasteiger partial charge is 0.154 e. The molecule has 0 unspecified atom stereocenters. The highest BCUT2D eigenvalue weighted by molar-refractivity contribution is 5.94. The van der Waals surface area contributed by atoms with Crippen molar-refractivity contribution in [3.05, 3.63) is 47.9 Å². The van der Waals surface area contributed by atoms with E-state index in [0.717, 1.165) is 27.9 Å². The highest BCUT2D eigenvalue weighted by Gasteiger charge is 2.08.